The second-order valence-electron chi connectivity index (χ2n) is 2.02. The summed E-state index contributed by atoms with van der Waals surface area (Å²) in [5, 5.41) is 9.16. The van der Waals surface area contributed by atoms with Crippen molar-refractivity contribution in [1.82, 2.24) is 0 Å². The zero-order valence-corrected chi connectivity index (χ0v) is 6.80. The lowest BCUT2D eigenvalue weighted by Gasteiger charge is -2.02. The molecule has 0 aliphatic rings. The molecule has 1 aromatic rings. The number of hydrogen-bond acceptors (Lipinski definition) is 2. The molecule has 1 rings (SSSR count). The van der Waals surface area contributed by atoms with Crippen molar-refractivity contribution >= 4 is 24.5 Å². The van der Waals surface area contributed by atoms with Crippen molar-refractivity contribution < 1.29 is 9.76 Å². The van der Waals surface area contributed by atoms with Gasteiger partial charge in [0.05, 0.1) is 12.1 Å². The van der Waals surface area contributed by atoms with E-state index < -0.39 is 0 Å². The fourth-order valence-electron chi connectivity index (χ4n) is 0.757. The SMILES string of the molecule is COc1cc([B]O)ccc1Cl. The van der Waals surface area contributed by atoms with Crippen molar-refractivity contribution in [2.75, 3.05) is 7.11 Å². The van der Waals surface area contributed by atoms with Crippen LogP contribution in [-0.2, 0) is 0 Å². The van der Waals surface area contributed by atoms with Crippen LogP contribution in [0.15, 0.2) is 18.2 Å². The van der Waals surface area contributed by atoms with E-state index in [0.717, 1.165) is 7.48 Å². The maximum absolute atomic E-state index is 8.62. The van der Waals surface area contributed by atoms with Crippen molar-refractivity contribution in [2.45, 2.75) is 0 Å². The molecule has 0 bridgehead atoms. The van der Waals surface area contributed by atoms with Gasteiger partial charge in [0.2, 0.25) is 0 Å². The van der Waals surface area contributed by atoms with Crippen LogP contribution >= 0.6 is 11.6 Å². The largest absolute Gasteiger partial charge is 0.495 e. The average molecular weight is 169 g/mol. The van der Waals surface area contributed by atoms with E-state index in [9.17, 15) is 0 Å². The number of methoxy groups -OCH3 is 1. The molecule has 0 aliphatic carbocycles. The van der Waals surface area contributed by atoms with Crippen LogP contribution in [-0.4, -0.2) is 19.6 Å². The Balaban J connectivity index is 3.02. The fourth-order valence-corrected chi connectivity index (χ4v) is 0.951. The minimum atomic E-state index is 0.540. The molecule has 0 spiro atoms. The predicted octanol–water partition coefficient (Wildman–Crippen LogP) is 0.585. The van der Waals surface area contributed by atoms with E-state index in [-0.39, 0.29) is 0 Å². The highest BCUT2D eigenvalue weighted by molar-refractivity contribution is 6.46. The Morgan fingerprint density at radius 3 is 2.82 bits per heavy atom. The lowest BCUT2D eigenvalue weighted by molar-refractivity contribution is 0.415. The minimum absolute atomic E-state index is 0.540. The second kappa shape index (κ2) is 3.65. The number of halogens is 1. The first-order valence-corrected chi connectivity index (χ1v) is 3.46. The van der Waals surface area contributed by atoms with Gasteiger partial charge in [-0.15, -0.1) is 0 Å². The topological polar surface area (TPSA) is 29.5 Å². The zero-order valence-electron chi connectivity index (χ0n) is 6.04. The van der Waals surface area contributed by atoms with E-state index in [1.165, 1.54) is 7.11 Å². The summed E-state index contributed by atoms with van der Waals surface area (Å²) in [6.07, 6.45) is 0. The Morgan fingerprint density at radius 1 is 1.55 bits per heavy atom. The van der Waals surface area contributed by atoms with Crippen LogP contribution in [0.5, 0.6) is 5.75 Å². The molecule has 0 atom stereocenters. The Bertz CT molecular complexity index is 252. The third-order valence-corrected chi connectivity index (χ3v) is 1.64. The summed E-state index contributed by atoms with van der Waals surface area (Å²) >= 11 is 5.73. The summed E-state index contributed by atoms with van der Waals surface area (Å²) in [6, 6.07) is 5.02. The predicted molar refractivity (Wildman–Crippen MR) is 45.6 cm³/mol. The van der Waals surface area contributed by atoms with Crippen molar-refractivity contribution in [2.24, 2.45) is 0 Å². The van der Waals surface area contributed by atoms with Gasteiger partial charge in [0.25, 0.3) is 0 Å². The van der Waals surface area contributed by atoms with Crippen molar-refractivity contribution in [3.63, 3.8) is 0 Å². The highest BCUT2D eigenvalue weighted by Gasteiger charge is 2.01. The number of rotatable bonds is 2. The summed E-state index contributed by atoms with van der Waals surface area (Å²) in [4.78, 5) is 0. The van der Waals surface area contributed by atoms with Gasteiger partial charge in [0, 0.05) is 0 Å². The van der Waals surface area contributed by atoms with Gasteiger partial charge in [-0.25, -0.2) is 0 Å². The lowest BCUT2D eigenvalue weighted by atomic mass is 9.89. The summed E-state index contributed by atoms with van der Waals surface area (Å²) in [5.74, 6) is 0.564. The van der Waals surface area contributed by atoms with Gasteiger partial charge in [0.1, 0.15) is 5.75 Å². The van der Waals surface area contributed by atoms with Gasteiger partial charge >= 0.3 is 7.48 Å². The number of benzene rings is 1. The van der Waals surface area contributed by atoms with Crippen LogP contribution in [0.4, 0.5) is 0 Å². The highest BCUT2D eigenvalue weighted by Crippen LogP contribution is 2.21. The van der Waals surface area contributed by atoms with Crippen LogP contribution in [0.25, 0.3) is 0 Å². The molecule has 0 saturated carbocycles. The zero-order chi connectivity index (χ0) is 8.27. The molecule has 2 nitrogen and oxygen atoms in total. The molecule has 1 radical (unpaired) electrons. The molecule has 0 aromatic heterocycles. The molecule has 0 saturated heterocycles. The van der Waals surface area contributed by atoms with Gasteiger partial charge in [-0.2, -0.15) is 0 Å². The highest BCUT2D eigenvalue weighted by atomic mass is 35.5. The maximum Gasteiger partial charge on any atom is 0.326 e. The molecule has 57 valence electrons. The van der Waals surface area contributed by atoms with Gasteiger partial charge in [0.15, 0.2) is 0 Å². The van der Waals surface area contributed by atoms with Crippen LogP contribution < -0.4 is 10.2 Å². The van der Waals surface area contributed by atoms with E-state index in [2.05, 4.69) is 0 Å². The molecule has 0 fully saturated rings. The van der Waals surface area contributed by atoms with Crippen LogP contribution in [0.1, 0.15) is 0 Å². The monoisotopic (exact) mass is 169 g/mol. The molecule has 1 aromatic carbocycles. The van der Waals surface area contributed by atoms with Crippen molar-refractivity contribution in [3.05, 3.63) is 23.2 Å². The van der Waals surface area contributed by atoms with Gasteiger partial charge in [-0.1, -0.05) is 17.7 Å². The Kier molecular flexibility index (Phi) is 2.80. The first-order chi connectivity index (χ1) is 5.27. The standard InChI is InChI=1S/C7H7BClO2/c1-11-7-4-5(8-10)2-3-6(7)9/h2-4,10H,1H3. The Labute approximate surface area is 71.0 Å². The molecule has 0 unspecified atom stereocenters. The third-order valence-electron chi connectivity index (χ3n) is 1.32. The number of ether oxygens (including phenoxy) is 1. The molecule has 0 heterocycles. The molecule has 11 heavy (non-hydrogen) atoms. The van der Waals surface area contributed by atoms with Crippen molar-refractivity contribution in [1.29, 1.82) is 0 Å². The van der Waals surface area contributed by atoms with Gasteiger partial charge in [-0.3, -0.25) is 0 Å². The fraction of sp³-hybridized carbons (Fsp3) is 0.143. The molecular weight excluding hydrogens is 162 g/mol. The smallest absolute Gasteiger partial charge is 0.326 e. The normalized spacial score (nSPS) is 9.36. The third kappa shape index (κ3) is 1.88. The first-order valence-electron chi connectivity index (χ1n) is 3.09. The van der Waals surface area contributed by atoms with E-state index in [0.29, 0.717) is 16.2 Å². The molecule has 0 aliphatic heterocycles. The minimum Gasteiger partial charge on any atom is -0.495 e. The van der Waals surface area contributed by atoms with E-state index >= 15 is 0 Å². The molecule has 1 N–H and O–H groups in total. The first kappa shape index (κ1) is 8.43. The van der Waals surface area contributed by atoms with E-state index in [1.807, 2.05) is 0 Å². The van der Waals surface area contributed by atoms with E-state index in [1.54, 1.807) is 18.2 Å². The number of hydrogen-bond donors (Lipinski definition) is 1. The van der Waals surface area contributed by atoms with Gasteiger partial charge < -0.3 is 9.76 Å². The molecule has 0 amide bonds. The summed E-state index contributed by atoms with van der Waals surface area (Å²) in [7, 11) is 2.53. The van der Waals surface area contributed by atoms with Crippen LogP contribution in [0.2, 0.25) is 5.02 Å². The summed E-state index contributed by atoms with van der Waals surface area (Å²) in [5.41, 5.74) is 0.672. The Hall–Kier alpha value is -0.665. The summed E-state index contributed by atoms with van der Waals surface area (Å²) in [6.45, 7) is 0. The van der Waals surface area contributed by atoms with E-state index in [4.69, 9.17) is 21.4 Å². The maximum atomic E-state index is 8.62. The molecular formula is C7H7BClO2. The van der Waals surface area contributed by atoms with Gasteiger partial charge in [-0.05, 0) is 17.6 Å². The summed E-state index contributed by atoms with van der Waals surface area (Å²) < 4.78 is 4.92. The second-order valence-corrected chi connectivity index (χ2v) is 2.43. The van der Waals surface area contributed by atoms with Crippen LogP contribution in [0, 0.1) is 0 Å². The lowest BCUT2D eigenvalue weighted by Crippen LogP contribution is -2.12. The van der Waals surface area contributed by atoms with Crippen LogP contribution in [0.3, 0.4) is 0 Å². The van der Waals surface area contributed by atoms with Crippen molar-refractivity contribution in [3.8, 4) is 5.75 Å². The average Bonchev–Trinajstić information content (AvgIpc) is 2.05. The Morgan fingerprint density at radius 2 is 2.27 bits per heavy atom. The molecule has 4 heteroatoms. The quantitative estimate of drug-likeness (QED) is 0.657.